The Hall–Kier alpha value is -0.955. The van der Waals surface area contributed by atoms with Crippen LogP contribution < -0.4 is 5.23 Å². The number of rotatable bonds is 4. The smallest absolute Gasteiger partial charge is 0.177 e. The van der Waals surface area contributed by atoms with E-state index < -0.39 is 0 Å². The van der Waals surface area contributed by atoms with Gasteiger partial charge in [0.1, 0.15) is 5.75 Å². The van der Waals surface area contributed by atoms with E-state index in [0.29, 0.717) is 11.7 Å². The number of aromatic hydroxyl groups is 1. The van der Waals surface area contributed by atoms with Gasteiger partial charge < -0.3 is 10.3 Å². The van der Waals surface area contributed by atoms with E-state index in [1.807, 2.05) is 19.1 Å². The predicted octanol–water partition coefficient (Wildman–Crippen LogP) is 1.73. The lowest BCUT2D eigenvalue weighted by molar-refractivity contribution is 0.468. The highest BCUT2D eigenvalue weighted by atomic mass is 16.3. The molecule has 2 radical (unpaired) electrons. The first-order valence-electron chi connectivity index (χ1n) is 4.94. The van der Waals surface area contributed by atoms with Crippen LogP contribution in [0.15, 0.2) is 18.2 Å². The average molecular weight is 189 g/mol. The van der Waals surface area contributed by atoms with Crippen molar-refractivity contribution in [1.82, 2.24) is 5.23 Å². The molecular formula is C11H16BNO. The number of phenolic OH excluding ortho intramolecular Hbond substituents is 1. The second kappa shape index (κ2) is 5.06. The van der Waals surface area contributed by atoms with Crippen LogP contribution in [0.5, 0.6) is 5.75 Å². The van der Waals surface area contributed by atoms with Gasteiger partial charge in [-0.3, -0.25) is 0 Å². The van der Waals surface area contributed by atoms with Crippen molar-refractivity contribution in [3.63, 3.8) is 0 Å². The highest BCUT2D eigenvalue weighted by Gasteiger charge is 2.06. The van der Waals surface area contributed by atoms with Crippen LogP contribution in [0.4, 0.5) is 0 Å². The van der Waals surface area contributed by atoms with Crippen molar-refractivity contribution in [2.45, 2.75) is 26.2 Å². The summed E-state index contributed by atoms with van der Waals surface area (Å²) in [5, 5.41) is 12.2. The normalized spacial score (nSPS) is 12.7. The van der Waals surface area contributed by atoms with Crippen LogP contribution in [-0.4, -0.2) is 19.6 Å². The molecule has 0 aliphatic rings. The summed E-state index contributed by atoms with van der Waals surface area (Å²) >= 11 is 0. The maximum Gasteiger partial charge on any atom is 0.177 e. The standard InChI is InChI=1S/C11H16BNO/c1-3-9-6-10(4-5-11(9)14)8(2)7-13-12/h4-6,8,13-14H,3,7H2,1-2H3. The quantitative estimate of drug-likeness (QED) is 0.707. The second-order valence-electron chi connectivity index (χ2n) is 3.55. The Morgan fingerprint density at radius 3 is 2.79 bits per heavy atom. The van der Waals surface area contributed by atoms with Crippen LogP contribution in [-0.2, 0) is 6.42 Å². The van der Waals surface area contributed by atoms with Gasteiger partial charge in [0.15, 0.2) is 7.98 Å². The van der Waals surface area contributed by atoms with Crippen molar-refractivity contribution >= 4 is 7.98 Å². The fourth-order valence-corrected chi connectivity index (χ4v) is 1.49. The Morgan fingerprint density at radius 1 is 1.50 bits per heavy atom. The summed E-state index contributed by atoms with van der Waals surface area (Å²) in [4.78, 5) is 0. The third kappa shape index (κ3) is 2.52. The van der Waals surface area contributed by atoms with Gasteiger partial charge in [0, 0.05) is 0 Å². The molecule has 0 amide bonds. The Kier molecular flexibility index (Phi) is 4.02. The molecule has 1 unspecified atom stereocenters. The summed E-state index contributed by atoms with van der Waals surface area (Å²) < 4.78 is 0. The lowest BCUT2D eigenvalue weighted by Gasteiger charge is -2.13. The van der Waals surface area contributed by atoms with Gasteiger partial charge in [-0.1, -0.05) is 26.0 Å². The molecule has 3 heteroatoms. The molecule has 2 nitrogen and oxygen atoms in total. The van der Waals surface area contributed by atoms with Crippen LogP contribution in [0, 0.1) is 0 Å². The molecule has 1 rings (SSSR count). The first kappa shape index (κ1) is 11.1. The molecule has 74 valence electrons. The van der Waals surface area contributed by atoms with E-state index in [1.54, 1.807) is 6.07 Å². The molecule has 0 aliphatic heterocycles. The lowest BCUT2D eigenvalue weighted by atomic mass is 9.97. The maximum atomic E-state index is 9.51. The van der Waals surface area contributed by atoms with Gasteiger partial charge in [-0.15, -0.1) is 0 Å². The van der Waals surface area contributed by atoms with Gasteiger partial charge in [0.25, 0.3) is 0 Å². The summed E-state index contributed by atoms with van der Waals surface area (Å²) in [5.74, 6) is 0.745. The molecule has 0 aliphatic carbocycles. The van der Waals surface area contributed by atoms with Crippen LogP contribution >= 0.6 is 0 Å². The summed E-state index contributed by atoms with van der Waals surface area (Å²) in [6, 6.07) is 5.73. The minimum atomic E-state index is 0.367. The molecule has 1 aromatic rings. The summed E-state index contributed by atoms with van der Waals surface area (Å²) in [6.07, 6.45) is 0.850. The van der Waals surface area contributed by atoms with E-state index in [2.05, 4.69) is 12.2 Å². The molecule has 0 spiro atoms. The summed E-state index contributed by atoms with van der Waals surface area (Å²) in [7, 11) is 5.27. The van der Waals surface area contributed by atoms with Gasteiger partial charge in [-0.25, -0.2) is 0 Å². The number of nitrogens with one attached hydrogen (secondary N) is 1. The minimum absolute atomic E-state index is 0.367. The number of benzene rings is 1. The van der Waals surface area contributed by atoms with E-state index in [4.69, 9.17) is 7.98 Å². The Morgan fingerprint density at radius 2 is 2.21 bits per heavy atom. The molecule has 14 heavy (non-hydrogen) atoms. The van der Waals surface area contributed by atoms with Gasteiger partial charge in [0.2, 0.25) is 0 Å². The molecule has 0 saturated heterocycles. The van der Waals surface area contributed by atoms with Crippen LogP contribution in [0.3, 0.4) is 0 Å². The highest BCUT2D eigenvalue weighted by molar-refractivity contribution is 6.04. The number of hydrogen-bond acceptors (Lipinski definition) is 2. The van der Waals surface area contributed by atoms with E-state index >= 15 is 0 Å². The molecule has 1 atom stereocenters. The molecule has 2 N–H and O–H groups in total. The van der Waals surface area contributed by atoms with Crippen LogP contribution in [0.25, 0.3) is 0 Å². The lowest BCUT2D eigenvalue weighted by Crippen LogP contribution is -2.16. The Labute approximate surface area is 86.8 Å². The van der Waals surface area contributed by atoms with E-state index in [9.17, 15) is 5.11 Å². The minimum Gasteiger partial charge on any atom is -0.508 e. The molecule has 0 bridgehead atoms. The van der Waals surface area contributed by atoms with E-state index in [1.165, 1.54) is 5.56 Å². The number of aryl methyl sites for hydroxylation is 1. The second-order valence-corrected chi connectivity index (χ2v) is 3.55. The van der Waals surface area contributed by atoms with Gasteiger partial charge in [-0.05, 0) is 36.1 Å². The van der Waals surface area contributed by atoms with Gasteiger partial charge in [0.05, 0.1) is 0 Å². The highest BCUT2D eigenvalue weighted by Crippen LogP contribution is 2.23. The van der Waals surface area contributed by atoms with Crippen molar-refractivity contribution in [1.29, 1.82) is 0 Å². The van der Waals surface area contributed by atoms with Crippen molar-refractivity contribution in [2.24, 2.45) is 0 Å². The Balaban J connectivity index is 2.88. The SMILES string of the molecule is [B]NCC(C)c1ccc(O)c(CC)c1. The number of phenols is 1. The zero-order valence-corrected chi connectivity index (χ0v) is 8.75. The van der Waals surface area contributed by atoms with E-state index in [-0.39, 0.29) is 0 Å². The molecule has 0 heterocycles. The molecular weight excluding hydrogens is 173 g/mol. The summed E-state index contributed by atoms with van der Waals surface area (Å²) in [6.45, 7) is 4.88. The van der Waals surface area contributed by atoms with E-state index in [0.717, 1.165) is 18.5 Å². The monoisotopic (exact) mass is 189 g/mol. The largest absolute Gasteiger partial charge is 0.508 e. The molecule has 1 aromatic carbocycles. The Bertz CT molecular complexity index is 301. The van der Waals surface area contributed by atoms with Crippen molar-refractivity contribution in [3.8, 4) is 5.75 Å². The average Bonchev–Trinajstić information content (AvgIpc) is 2.19. The zero-order chi connectivity index (χ0) is 10.6. The van der Waals surface area contributed by atoms with Crippen LogP contribution in [0.2, 0.25) is 0 Å². The van der Waals surface area contributed by atoms with Crippen molar-refractivity contribution in [3.05, 3.63) is 29.3 Å². The third-order valence-electron chi connectivity index (χ3n) is 2.48. The fraction of sp³-hybridized carbons (Fsp3) is 0.455. The fourth-order valence-electron chi connectivity index (χ4n) is 1.49. The van der Waals surface area contributed by atoms with Gasteiger partial charge in [-0.2, -0.15) is 0 Å². The zero-order valence-electron chi connectivity index (χ0n) is 8.75. The van der Waals surface area contributed by atoms with Crippen LogP contribution in [0.1, 0.15) is 30.9 Å². The van der Waals surface area contributed by atoms with Crippen molar-refractivity contribution in [2.75, 3.05) is 6.54 Å². The molecule has 0 saturated carbocycles. The third-order valence-corrected chi connectivity index (χ3v) is 2.48. The van der Waals surface area contributed by atoms with Crippen molar-refractivity contribution < 1.29 is 5.11 Å². The topological polar surface area (TPSA) is 32.3 Å². The molecule has 0 fully saturated rings. The first-order chi connectivity index (χ1) is 6.69. The first-order valence-corrected chi connectivity index (χ1v) is 4.94. The predicted molar refractivity (Wildman–Crippen MR) is 59.7 cm³/mol. The maximum absolute atomic E-state index is 9.51. The number of hydrogen-bond donors (Lipinski definition) is 2. The van der Waals surface area contributed by atoms with Gasteiger partial charge >= 0.3 is 0 Å². The summed E-state index contributed by atoms with van der Waals surface area (Å²) in [5.41, 5.74) is 2.20. The molecule has 0 aromatic heterocycles.